The largest absolute Gasteiger partial charge is 0.493 e. The lowest BCUT2D eigenvalue weighted by Crippen LogP contribution is -2.45. The summed E-state index contributed by atoms with van der Waals surface area (Å²) in [4.78, 5) is 12.2. The summed E-state index contributed by atoms with van der Waals surface area (Å²) in [6, 6.07) is 11.5. The van der Waals surface area contributed by atoms with Gasteiger partial charge in [0.25, 0.3) is 0 Å². The summed E-state index contributed by atoms with van der Waals surface area (Å²) in [5.74, 6) is 1.07. The molecule has 1 saturated carbocycles. The molecule has 31 heavy (non-hydrogen) atoms. The van der Waals surface area contributed by atoms with Gasteiger partial charge in [-0.1, -0.05) is 25.0 Å². The van der Waals surface area contributed by atoms with Crippen LogP contribution in [-0.2, 0) is 10.3 Å². The average molecular weight is 443 g/mol. The zero-order valence-electron chi connectivity index (χ0n) is 18.5. The molecule has 1 aliphatic rings. The molecule has 2 N–H and O–H groups in total. The number of ether oxygens (including phenoxy) is 3. The monoisotopic (exact) mass is 442 g/mol. The third-order valence-electron chi connectivity index (χ3n) is 5.82. The van der Waals surface area contributed by atoms with Crippen molar-refractivity contribution in [2.24, 2.45) is 0 Å². The molecule has 2 aromatic carbocycles. The summed E-state index contributed by atoms with van der Waals surface area (Å²) in [6.45, 7) is 4.02. The van der Waals surface area contributed by atoms with Crippen LogP contribution in [-0.4, -0.2) is 31.9 Å². The third-order valence-corrected chi connectivity index (χ3v) is 6.03. The number of carbonyl (C=O) groups excluding carboxylic acids is 1. The van der Waals surface area contributed by atoms with Crippen molar-refractivity contribution in [1.82, 2.24) is 5.32 Å². The summed E-state index contributed by atoms with van der Waals surface area (Å²) in [7, 11) is 3.27. The predicted octanol–water partition coefficient (Wildman–Crippen LogP) is 4.94. The highest BCUT2D eigenvalue weighted by atomic mass is 32.1. The second kappa shape index (κ2) is 10.0. The van der Waals surface area contributed by atoms with E-state index in [2.05, 4.69) is 16.7 Å². The van der Waals surface area contributed by atoms with Crippen LogP contribution in [0.2, 0.25) is 0 Å². The first-order valence-electron chi connectivity index (χ1n) is 10.5. The summed E-state index contributed by atoms with van der Waals surface area (Å²) >= 11 is 5.68. The molecule has 0 atom stereocenters. The average Bonchev–Trinajstić information content (AvgIpc) is 3.24. The van der Waals surface area contributed by atoms with Gasteiger partial charge in [0.05, 0.1) is 31.9 Å². The van der Waals surface area contributed by atoms with Crippen LogP contribution in [0.3, 0.4) is 0 Å². The Morgan fingerprint density at radius 3 is 2.45 bits per heavy atom. The zero-order valence-corrected chi connectivity index (χ0v) is 19.4. The quantitative estimate of drug-likeness (QED) is 0.465. The molecule has 3 rings (SSSR count). The number of methoxy groups -OCH3 is 2. The Morgan fingerprint density at radius 1 is 1.10 bits per heavy atom. The summed E-state index contributed by atoms with van der Waals surface area (Å²) in [5.41, 5.74) is 2.95. The van der Waals surface area contributed by atoms with Gasteiger partial charge >= 0.3 is 5.97 Å². The Bertz CT molecular complexity index is 955. The Kier molecular flexibility index (Phi) is 7.38. The molecule has 0 bridgehead atoms. The van der Waals surface area contributed by atoms with E-state index in [1.165, 1.54) is 0 Å². The number of carbonyl (C=O) groups is 1. The maximum Gasteiger partial charge on any atom is 0.338 e. The molecule has 1 aliphatic carbocycles. The summed E-state index contributed by atoms with van der Waals surface area (Å²) < 4.78 is 16.0. The fourth-order valence-electron chi connectivity index (χ4n) is 4.17. The molecule has 0 radical (unpaired) electrons. The number of esters is 1. The standard InChI is InChI=1S/C24H30N2O4S/c1-5-30-22(27)18-9-8-10-19(16(18)2)25-23(31)26-24(13-6-7-14-24)17-11-12-20(28-3)21(15-17)29-4/h8-12,15H,5-7,13-14H2,1-4H3,(H2,25,26,31). The normalized spacial score (nSPS) is 14.6. The number of hydrogen-bond donors (Lipinski definition) is 2. The van der Waals surface area contributed by atoms with Crippen LogP contribution in [0.5, 0.6) is 11.5 Å². The molecule has 1 fully saturated rings. The zero-order chi connectivity index (χ0) is 22.4. The maximum absolute atomic E-state index is 12.2. The van der Waals surface area contributed by atoms with Gasteiger partial charge in [0.2, 0.25) is 0 Å². The van der Waals surface area contributed by atoms with E-state index in [0.717, 1.165) is 42.5 Å². The van der Waals surface area contributed by atoms with Crippen molar-refractivity contribution in [3.63, 3.8) is 0 Å². The van der Waals surface area contributed by atoms with Crippen LogP contribution in [0.15, 0.2) is 36.4 Å². The molecule has 0 aliphatic heterocycles. The van der Waals surface area contributed by atoms with Crippen molar-refractivity contribution >= 4 is 29.0 Å². The second-order valence-electron chi connectivity index (χ2n) is 7.64. The Hall–Kier alpha value is -2.80. The van der Waals surface area contributed by atoms with Gasteiger partial charge in [0.15, 0.2) is 16.6 Å². The first-order chi connectivity index (χ1) is 14.9. The van der Waals surface area contributed by atoms with Crippen molar-refractivity contribution in [3.8, 4) is 11.5 Å². The van der Waals surface area contributed by atoms with Gasteiger partial charge in [-0.25, -0.2) is 4.79 Å². The molecule has 7 heteroatoms. The van der Waals surface area contributed by atoms with Gasteiger partial charge in [-0.05, 0) is 74.3 Å². The smallest absolute Gasteiger partial charge is 0.338 e. The van der Waals surface area contributed by atoms with E-state index in [0.29, 0.717) is 28.8 Å². The highest BCUT2D eigenvalue weighted by Gasteiger charge is 2.37. The number of nitrogens with one attached hydrogen (secondary N) is 2. The van der Waals surface area contributed by atoms with Crippen LogP contribution in [0.1, 0.15) is 54.1 Å². The molecule has 2 aromatic rings. The van der Waals surface area contributed by atoms with Gasteiger partial charge in [-0.3, -0.25) is 0 Å². The molecule has 0 amide bonds. The van der Waals surface area contributed by atoms with Crippen LogP contribution >= 0.6 is 12.2 Å². The lowest BCUT2D eigenvalue weighted by atomic mass is 9.88. The predicted molar refractivity (Wildman–Crippen MR) is 126 cm³/mol. The van der Waals surface area contributed by atoms with Crippen LogP contribution in [0, 0.1) is 6.92 Å². The van der Waals surface area contributed by atoms with Crippen LogP contribution in [0.4, 0.5) is 5.69 Å². The van der Waals surface area contributed by atoms with Crippen molar-refractivity contribution in [3.05, 3.63) is 53.1 Å². The van der Waals surface area contributed by atoms with Gasteiger partial charge in [0.1, 0.15) is 0 Å². The number of thiocarbonyl (C=S) groups is 1. The third kappa shape index (κ3) is 4.93. The van der Waals surface area contributed by atoms with Gasteiger partial charge in [0, 0.05) is 5.69 Å². The van der Waals surface area contributed by atoms with E-state index >= 15 is 0 Å². The van der Waals surface area contributed by atoms with Crippen LogP contribution < -0.4 is 20.1 Å². The summed E-state index contributed by atoms with van der Waals surface area (Å²) in [5, 5.41) is 7.35. The topological polar surface area (TPSA) is 68.8 Å². The van der Waals surface area contributed by atoms with Crippen molar-refractivity contribution in [2.45, 2.75) is 45.1 Å². The summed E-state index contributed by atoms with van der Waals surface area (Å²) in [6.07, 6.45) is 4.15. The first-order valence-corrected chi connectivity index (χ1v) is 10.9. The molecule has 0 saturated heterocycles. The highest BCUT2D eigenvalue weighted by Crippen LogP contribution is 2.42. The minimum Gasteiger partial charge on any atom is -0.493 e. The van der Waals surface area contributed by atoms with Gasteiger partial charge < -0.3 is 24.8 Å². The lowest BCUT2D eigenvalue weighted by molar-refractivity contribution is 0.0525. The highest BCUT2D eigenvalue weighted by molar-refractivity contribution is 7.80. The van der Waals surface area contributed by atoms with Gasteiger partial charge in [-0.2, -0.15) is 0 Å². The van der Waals surface area contributed by atoms with E-state index in [4.69, 9.17) is 26.4 Å². The lowest BCUT2D eigenvalue weighted by Gasteiger charge is -2.33. The van der Waals surface area contributed by atoms with Crippen molar-refractivity contribution in [2.75, 3.05) is 26.1 Å². The Balaban J connectivity index is 1.83. The molecule has 166 valence electrons. The molecular formula is C24H30N2O4S. The van der Waals surface area contributed by atoms with Crippen molar-refractivity contribution < 1.29 is 19.0 Å². The van der Waals surface area contributed by atoms with E-state index in [1.54, 1.807) is 27.2 Å². The Morgan fingerprint density at radius 2 is 1.81 bits per heavy atom. The molecule has 0 aromatic heterocycles. The van der Waals surface area contributed by atoms with Crippen molar-refractivity contribution in [1.29, 1.82) is 0 Å². The number of anilines is 1. The number of hydrogen-bond acceptors (Lipinski definition) is 5. The minimum atomic E-state index is -0.333. The number of benzene rings is 2. The van der Waals surface area contributed by atoms with Gasteiger partial charge in [-0.15, -0.1) is 0 Å². The second-order valence-corrected chi connectivity index (χ2v) is 8.04. The van der Waals surface area contributed by atoms with E-state index in [-0.39, 0.29) is 11.5 Å². The SMILES string of the molecule is CCOC(=O)c1cccc(NC(=S)NC2(c3ccc(OC)c(OC)c3)CCCC2)c1C. The molecule has 6 nitrogen and oxygen atoms in total. The molecule has 0 spiro atoms. The Labute approximate surface area is 189 Å². The van der Waals surface area contributed by atoms with Crippen LogP contribution in [0.25, 0.3) is 0 Å². The first kappa shape index (κ1) is 22.9. The fourth-order valence-corrected chi connectivity index (χ4v) is 4.48. The number of rotatable bonds is 7. The van der Waals surface area contributed by atoms with E-state index < -0.39 is 0 Å². The van der Waals surface area contributed by atoms with E-state index in [9.17, 15) is 4.79 Å². The minimum absolute atomic E-state index is 0.281. The fraction of sp³-hybridized carbons (Fsp3) is 0.417. The van der Waals surface area contributed by atoms with E-state index in [1.807, 2.05) is 31.2 Å². The maximum atomic E-state index is 12.2. The molecule has 0 unspecified atom stereocenters. The molecular weight excluding hydrogens is 412 g/mol. The molecule has 0 heterocycles.